The number of carboxylic acid groups (broad SMARTS) is 1. The average Bonchev–Trinajstić information content (AvgIpc) is 2.12. The minimum absolute atomic E-state index is 0.115. The standard InChI is InChI=1S/C9H15NO4/c1-2-3-8(12)10-7(6-11)4-5-9(13)14/h6-7H,2-5H2,1H3,(H,10,12)(H,13,14)/t7-/m1/s1. The van der Waals surface area contributed by atoms with Gasteiger partial charge in [-0.1, -0.05) is 6.92 Å². The summed E-state index contributed by atoms with van der Waals surface area (Å²) in [5.74, 6) is -1.18. The highest BCUT2D eigenvalue weighted by molar-refractivity contribution is 5.79. The Labute approximate surface area is 82.5 Å². The predicted octanol–water partition coefficient (Wildman–Crippen LogP) is 0.335. The summed E-state index contributed by atoms with van der Waals surface area (Å²) in [4.78, 5) is 31.7. The highest BCUT2D eigenvalue weighted by Crippen LogP contribution is 1.96. The lowest BCUT2D eigenvalue weighted by Gasteiger charge is -2.10. The molecule has 0 saturated carbocycles. The van der Waals surface area contributed by atoms with Crippen molar-refractivity contribution in [2.45, 2.75) is 38.6 Å². The van der Waals surface area contributed by atoms with E-state index < -0.39 is 12.0 Å². The second-order valence-electron chi connectivity index (χ2n) is 2.99. The van der Waals surface area contributed by atoms with Crippen LogP contribution in [0.2, 0.25) is 0 Å². The van der Waals surface area contributed by atoms with Crippen LogP contribution in [-0.2, 0) is 14.4 Å². The molecule has 0 aromatic carbocycles. The normalized spacial score (nSPS) is 11.8. The number of carboxylic acids is 1. The van der Waals surface area contributed by atoms with Crippen molar-refractivity contribution in [3.05, 3.63) is 0 Å². The highest BCUT2D eigenvalue weighted by atomic mass is 16.4. The van der Waals surface area contributed by atoms with Gasteiger partial charge in [-0.25, -0.2) is 0 Å². The van der Waals surface area contributed by atoms with Crippen LogP contribution in [-0.4, -0.2) is 29.3 Å². The Morgan fingerprint density at radius 2 is 2.07 bits per heavy atom. The molecule has 14 heavy (non-hydrogen) atoms. The van der Waals surface area contributed by atoms with Gasteiger partial charge in [-0.2, -0.15) is 0 Å². The molecule has 1 amide bonds. The van der Waals surface area contributed by atoms with Gasteiger partial charge < -0.3 is 15.2 Å². The molecule has 0 spiro atoms. The quantitative estimate of drug-likeness (QED) is 0.581. The fourth-order valence-corrected chi connectivity index (χ4v) is 0.959. The Bertz CT molecular complexity index is 215. The second kappa shape index (κ2) is 7.06. The summed E-state index contributed by atoms with van der Waals surface area (Å²) < 4.78 is 0. The number of aldehydes is 1. The molecule has 1 atom stereocenters. The van der Waals surface area contributed by atoms with Crippen LogP contribution in [0.4, 0.5) is 0 Å². The van der Waals surface area contributed by atoms with Gasteiger partial charge in [0.25, 0.3) is 0 Å². The van der Waals surface area contributed by atoms with Crippen LogP contribution in [0.25, 0.3) is 0 Å². The Balaban J connectivity index is 3.84. The van der Waals surface area contributed by atoms with E-state index in [1.54, 1.807) is 0 Å². The maximum atomic E-state index is 11.0. The lowest BCUT2D eigenvalue weighted by Crippen LogP contribution is -2.36. The van der Waals surface area contributed by atoms with Gasteiger partial charge >= 0.3 is 5.97 Å². The summed E-state index contributed by atoms with van der Waals surface area (Å²) in [7, 11) is 0. The smallest absolute Gasteiger partial charge is 0.303 e. The lowest BCUT2D eigenvalue weighted by molar-refractivity contribution is -0.137. The third-order valence-electron chi connectivity index (χ3n) is 1.66. The van der Waals surface area contributed by atoms with E-state index >= 15 is 0 Å². The lowest BCUT2D eigenvalue weighted by atomic mass is 10.1. The van der Waals surface area contributed by atoms with E-state index in [4.69, 9.17) is 5.11 Å². The summed E-state index contributed by atoms with van der Waals surface area (Å²) in [6.45, 7) is 1.85. The molecule has 0 aromatic heterocycles. The van der Waals surface area contributed by atoms with Gasteiger partial charge in [-0.15, -0.1) is 0 Å². The Morgan fingerprint density at radius 1 is 1.43 bits per heavy atom. The zero-order chi connectivity index (χ0) is 11.0. The van der Waals surface area contributed by atoms with Crippen molar-refractivity contribution in [2.24, 2.45) is 0 Å². The third kappa shape index (κ3) is 6.16. The number of rotatable bonds is 7. The van der Waals surface area contributed by atoms with Crippen molar-refractivity contribution in [1.29, 1.82) is 0 Å². The van der Waals surface area contributed by atoms with Crippen LogP contribution < -0.4 is 5.32 Å². The molecular formula is C9H15NO4. The Hall–Kier alpha value is -1.39. The number of aliphatic carboxylic acids is 1. The van der Waals surface area contributed by atoms with Gasteiger partial charge in [0.1, 0.15) is 6.29 Å². The van der Waals surface area contributed by atoms with Crippen LogP contribution in [0.5, 0.6) is 0 Å². The molecule has 0 aliphatic carbocycles. The van der Waals surface area contributed by atoms with Gasteiger partial charge in [0.2, 0.25) is 5.91 Å². The average molecular weight is 201 g/mol. The molecule has 0 aromatic rings. The molecule has 5 heteroatoms. The first kappa shape index (κ1) is 12.6. The molecule has 0 radical (unpaired) electrons. The van der Waals surface area contributed by atoms with Gasteiger partial charge in [-0.3, -0.25) is 9.59 Å². The van der Waals surface area contributed by atoms with E-state index in [-0.39, 0.29) is 18.7 Å². The molecule has 2 N–H and O–H groups in total. The van der Waals surface area contributed by atoms with Gasteiger partial charge in [0, 0.05) is 12.8 Å². The van der Waals surface area contributed by atoms with Gasteiger partial charge in [0.05, 0.1) is 6.04 Å². The maximum Gasteiger partial charge on any atom is 0.303 e. The molecular weight excluding hydrogens is 186 g/mol. The highest BCUT2D eigenvalue weighted by Gasteiger charge is 2.11. The summed E-state index contributed by atoms with van der Waals surface area (Å²) in [5.41, 5.74) is 0. The van der Waals surface area contributed by atoms with Crippen LogP contribution in [0, 0.1) is 0 Å². The zero-order valence-electron chi connectivity index (χ0n) is 8.16. The van der Waals surface area contributed by atoms with Gasteiger partial charge in [0.15, 0.2) is 0 Å². The molecule has 0 bridgehead atoms. The number of carbonyl (C=O) groups is 3. The molecule has 0 aliphatic rings. The molecule has 5 nitrogen and oxygen atoms in total. The van der Waals surface area contributed by atoms with Gasteiger partial charge in [-0.05, 0) is 12.8 Å². The topological polar surface area (TPSA) is 83.5 Å². The number of hydrogen-bond acceptors (Lipinski definition) is 3. The Morgan fingerprint density at radius 3 is 2.50 bits per heavy atom. The van der Waals surface area contributed by atoms with E-state index in [1.165, 1.54) is 0 Å². The van der Waals surface area contributed by atoms with Crippen molar-refractivity contribution in [2.75, 3.05) is 0 Å². The van der Waals surface area contributed by atoms with Crippen molar-refractivity contribution in [3.63, 3.8) is 0 Å². The summed E-state index contributed by atoms with van der Waals surface area (Å²) in [6, 6.07) is -0.676. The van der Waals surface area contributed by atoms with Crippen molar-refractivity contribution in [1.82, 2.24) is 5.32 Å². The summed E-state index contributed by atoms with van der Waals surface area (Å²) in [6.07, 6.45) is 1.66. The molecule has 0 heterocycles. The second-order valence-corrected chi connectivity index (χ2v) is 2.99. The maximum absolute atomic E-state index is 11.0. The monoisotopic (exact) mass is 201 g/mol. The van der Waals surface area contributed by atoms with Crippen molar-refractivity contribution >= 4 is 18.2 Å². The SMILES string of the molecule is CCCC(=O)N[C@@H](C=O)CCC(=O)O. The zero-order valence-corrected chi connectivity index (χ0v) is 8.16. The molecule has 0 unspecified atom stereocenters. The van der Waals surface area contributed by atoms with E-state index in [2.05, 4.69) is 5.32 Å². The van der Waals surface area contributed by atoms with Crippen LogP contribution >= 0.6 is 0 Å². The summed E-state index contributed by atoms with van der Waals surface area (Å²) >= 11 is 0. The number of hydrogen-bond donors (Lipinski definition) is 2. The fourth-order valence-electron chi connectivity index (χ4n) is 0.959. The number of carbonyl (C=O) groups excluding carboxylic acids is 2. The largest absolute Gasteiger partial charge is 0.481 e. The Kier molecular flexibility index (Phi) is 6.36. The van der Waals surface area contributed by atoms with E-state index in [1.807, 2.05) is 6.92 Å². The van der Waals surface area contributed by atoms with Crippen LogP contribution in [0.15, 0.2) is 0 Å². The summed E-state index contributed by atoms with van der Waals surface area (Å²) in [5, 5.41) is 10.8. The van der Waals surface area contributed by atoms with E-state index in [0.717, 1.165) is 0 Å². The first-order chi connectivity index (χ1) is 6.60. The minimum atomic E-state index is -0.971. The van der Waals surface area contributed by atoms with E-state index in [0.29, 0.717) is 19.1 Å². The number of nitrogens with one attached hydrogen (secondary N) is 1. The molecule has 0 rings (SSSR count). The first-order valence-corrected chi connectivity index (χ1v) is 4.56. The van der Waals surface area contributed by atoms with E-state index in [9.17, 15) is 14.4 Å². The van der Waals surface area contributed by atoms with Crippen molar-refractivity contribution < 1.29 is 19.5 Å². The molecule has 0 saturated heterocycles. The number of amides is 1. The third-order valence-corrected chi connectivity index (χ3v) is 1.66. The predicted molar refractivity (Wildman–Crippen MR) is 49.8 cm³/mol. The molecule has 80 valence electrons. The molecule has 0 aliphatic heterocycles. The van der Waals surface area contributed by atoms with Crippen molar-refractivity contribution in [3.8, 4) is 0 Å². The van der Waals surface area contributed by atoms with Crippen LogP contribution in [0.1, 0.15) is 32.6 Å². The fraction of sp³-hybridized carbons (Fsp3) is 0.667. The first-order valence-electron chi connectivity index (χ1n) is 4.56. The molecule has 0 fully saturated rings. The minimum Gasteiger partial charge on any atom is -0.481 e. The van der Waals surface area contributed by atoms with Crippen LogP contribution in [0.3, 0.4) is 0 Å².